The summed E-state index contributed by atoms with van der Waals surface area (Å²) in [6.45, 7) is 0.194. The molecule has 0 fully saturated rings. The molecular formula is C20H19N3O6. The number of hydrogen-bond donors (Lipinski definition) is 2. The van der Waals surface area contributed by atoms with Gasteiger partial charge in [0.05, 0.1) is 5.52 Å². The number of carboxylic acids is 1. The van der Waals surface area contributed by atoms with Crippen LogP contribution in [0.5, 0.6) is 5.75 Å². The number of ether oxygens (including phenoxy) is 1. The first-order chi connectivity index (χ1) is 13.9. The molecule has 3 rings (SSSR count). The molecule has 0 radical (unpaired) electrons. The van der Waals surface area contributed by atoms with E-state index in [9.17, 15) is 24.6 Å². The maximum atomic E-state index is 12.6. The number of aromatic nitrogens is 2. The number of likely N-dealkylation sites (N-methyl/N-ethyl adjacent to an activating group) is 1. The summed E-state index contributed by atoms with van der Waals surface area (Å²) in [6.07, 6.45) is 0.803. The van der Waals surface area contributed by atoms with E-state index in [-0.39, 0.29) is 30.7 Å². The zero-order chi connectivity index (χ0) is 21.0. The molecule has 9 heteroatoms. The minimum Gasteiger partial charge on any atom is -0.505 e. The van der Waals surface area contributed by atoms with Crippen LogP contribution < -0.4 is 5.56 Å². The van der Waals surface area contributed by atoms with Crippen LogP contribution in [0, 0.1) is 0 Å². The molecule has 0 atom stereocenters. The Morgan fingerprint density at radius 2 is 1.90 bits per heavy atom. The SMILES string of the molecule is CN(CCn1c(=O)c(C(=O)O)c(O)c2ncccc21)C(=O)OCc1ccccc1. The van der Waals surface area contributed by atoms with Crippen molar-refractivity contribution in [1.82, 2.24) is 14.5 Å². The lowest BCUT2D eigenvalue weighted by molar-refractivity contribution is 0.0690. The highest BCUT2D eigenvalue weighted by atomic mass is 16.6. The number of benzene rings is 1. The second-order valence-corrected chi connectivity index (χ2v) is 6.32. The third-order valence-electron chi connectivity index (χ3n) is 4.39. The Labute approximate surface area is 165 Å². The molecule has 2 heterocycles. The Kier molecular flexibility index (Phi) is 5.77. The molecule has 29 heavy (non-hydrogen) atoms. The number of pyridine rings is 2. The lowest BCUT2D eigenvalue weighted by Gasteiger charge is -2.19. The van der Waals surface area contributed by atoms with Crippen LogP contribution in [-0.2, 0) is 17.9 Å². The zero-order valence-corrected chi connectivity index (χ0v) is 15.6. The topological polar surface area (TPSA) is 122 Å². The Morgan fingerprint density at radius 1 is 1.17 bits per heavy atom. The minimum absolute atomic E-state index is 0.00110. The second kappa shape index (κ2) is 8.42. The summed E-state index contributed by atoms with van der Waals surface area (Å²) in [7, 11) is 1.51. The number of amides is 1. The van der Waals surface area contributed by atoms with Gasteiger partial charge in [0.1, 0.15) is 12.1 Å². The number of carbonyl (C=O) groups is 2. The first kappa shape index (κ1) is 19.9. The van der Waals surface area contributed by atoms with Gasteiger partial charge in [0.25, 0.3) is 5.56 Å². The number of nitrogens with zero attached hydrogens (tertiary/aromatic N) is 3. The number of fused-ring (bicyclic) bond motifs is 1. The Bertz CT molecular complexity index is 1110. The molecule has 0 saturated carbocycles. The standard InChI is InChI=1S/C20H19N3O6/c1-22(20(28)29-12-13-6-3-2-4-7-13)10-11-23-14-8-5-9-21-16(14)17(24)15(18(23)25)19(26)27/h2-9,24H,10-12H2,1H3,(H,26,27). The molecule has 0 aliphatic carbocycles. The number of rotatable bonds is 6. The van der Waals surface area contributed by atoms with Crippen LogP contribution in [0.15, 0.2) is 53.5 Å². The normalized spacial score (nSPS) is 10.7. The molecule has 3 aromatic rings. The lowest BCUT2D eigenvalue weighted by Crippen LogP contribution is -2.34. The van der Waals surface area contributed by atoms with Crippen LogP contribution in [-0.4, -0.2) is 50.3 Å². The fourth-order valence-corrected chi connectivity index (χ4v) is 2.85. The molecule has 2 N–H and O–H groups in total. The first-order valence-electron chi connectivity index (χ1n) is 8.75. The van der Waals surface area contributed by atoms with E-state index in [1.54, 1.807) is 12.1 Å². The van der Waals surface area contributed by atoms with Gasteiger partial charge in [0.2, 0.25) is 0 Å². The highest BCUT2D eigenvalue weighted by molar-refractivity contribution is 5.97. The van der Waals surface area contributed by atoms with Crippen molar-refractivity contribution < 1.29 is 24.5 Å². The van der Waals surface area contributed by atoms with Gasteiger partial charge >= 0.3 is 12.1 Å². The van der Waals surface area contributed by atoms with E-state index in [1.165, 1.54) is 22.7 Å². The van der Waals surface area contributed by atoms with E-state index < -0.39 is 28.9 Å². The minimum atomic E-state index is -1.55. The van der Waals surface area contributed by atoms with Gasteiger partial charge < -0.3 is 24.4 Å². The van der Waals surface area contributed by atoms with Gasteiger partial charge in [-0.3, -0.25) is 9.78 Å². The summed E-state index contributed by atoms with van der Waals surface area (Å²) in [6, 6.07) is 12.3. The smallest absolute Gasteiger partial charge is 0.409 e. The predicted molar refractivity (Wildman–Crippen MR) is 104 cm³/mol. The van der Waals surface area contributed by atoms with Crippen LogP contribution in [0.2, 0.25) is 0 Å². The summed E-state index contributed by atoms with van der Waals surface area (Å²) < 4.78 is 6.40. The summed E-state index contributed by atoms with van der Waals surface area (Å²) in [4.78, 5) is 41.5. The number of carbonyl (C=O) groups excluding carboxylic acids is 1. The van der Waals surface area contributed by atoms with Gasteiger partial charge in [-0.15, -0.1) is 0 Å². The summed E-state index contributed by atoms with van der Waals surface area (Å²) in [5, 5.41) is 19.4. The van der Waals surface area contributed by atoms with Gasteiger partial charge in [0.15, 0.2) is 11.3 Å². The molecule has 0 aliphatic heterocycles. The predicted octanol–water partition coefficient (Wildman–Crippen LogP) is 2.07. The number of hydrogen-bond acceptors (Lipinski definition) is 6. The van der Waals surface area contributed by atoms with Crippen LogP contribution in [0.4, 0.5) is 4.79 Å². The Morgan fingerprint density at radius 3 is 2.59 bits per heavy atom. The molecule has 0 aliphatic rings. The van der Waals surface area contributed by atoms with E-state index in [0.29, 0.717) is 0 Å². The molecule has 9 nitrogen and oxygen atoms in total. The van der Waals surface area contributed by atoms with Crippen molar-refractivity contribution in [1.29, 1.82) is 0 Å². The van der Waals surface area contributed by atoms with Gasteiger partial charge in [0, 0.05) is 26.3 Å². The van der Waals surface area contributed by atoms with Crippen molar-refractivity contribution in [2.45, 2.75) is 13.2 Å². The van der Waals surface area contributed by atoms with Gasteiger partial charge in [-0.2, -0.15) is 0 Å². The van der Waals surface area contributed by atoms with Crippen LogP contribution >= 0.6 is 0 Å². The molecule has 0 bridgehead atoms. The molecule has 0 unspecified atom stereocenters. The quantitative estimate of drug-likeness (QED) is 0.653. The van der Waals surface area contributed by atoms with E-state index >= 15 is 0 Å². The average molecular weight is 397 g/mol. The van der Waals surface area contributed by atoms with Crippen molar-refractivity contribution in [3.63, 3.8) is 0 Å². The number of carboxylic acid groups (broad SMARTS) is 1. The lowest BCUT2D eigenvalue weighted by atomic mass is 10.2. The van der Waals surface area contributed by atoms with E-state index in [4.69, 9.17) is 4.74 Å². The molecule has 2 aromatic heterocycles. The largest absolute Gasteiger partial charge is 0.505 e. The highest BCUT2D eigenvalue weighted by Gasteiger charge is 2.22. The molecule has 1 aromatic carbocycles. The summed E-state index contributed by atoms with van der Waals surface area (Å²) >= 11 is 0. The zero-order valence-electron chi connectivity index (χ0n) is 15.6. The van der Waals surface area contributed by atoms with E-state index in [0.717, 1.165) is 5.56 Å². The van der Waals surface area contributed by atoms with Crippen molar-refractivity contribution in [3.8, 4) is 5.75 Å². The first-order valence-corrected chi connectivity index (χ1v) is 8.75. The van der Waals surface area contributed by atoms with E-state index in [1.807, 2.05) is 30.3 Å². The summed E-state index contributed by atoms with van der Waals surface area (Å²) in [5.74, 6) is -2.23. The molecule has 0 saturated heterocycles. The molecule has 1 amide bonds. The number of aromatic carboxylic acids is 1. The van der Waals surface area contributed by atoms with Gasteiger partial charge in [-0.05, 0) is 17.7 Å². The van der Waals surface area contributed by atoms with Crippen molar-refractivity contribution >= 4 is 23.1 Å². The Hall–Kier alpha value is -3.88. The third kappa shape index (κ3) is 4.18. The van der Waals surface area contributed by atoms with Crippen LogP contribution in [0.1, 0.15) is 15.9 Å². The van der Waals surface area contributed by atoms with Gasteiger partial charge in [-0.1, -0.05) is 30.3 Å². The van der Waals surface area contributed by atoms with Crippen molar-refractivity contribution in [3.05, 3.63) is 70.1 Å². The fraction of sp³-hybridized carbons (Fsp3) is 0.200. The van der Waals surface area contributed by atoms with Gasteiger partial charge in [-0.25, -0.2) is 9.59 Å². The second-order valence-electron chi connectivity index (χ2n) is 6.32. The van der Waals surface area contributed by atoms with Crippen molar-refractivity contribution in [2.75, 3.05) is 13.6 Å². The Balaban J connectivity index is 1.78. The molecule has 150 valence electrons. The van der Waals surface area contributed by atoms with E-state index in [2.05, 4.69) is 4.98 Å². The fourth-order valence-electron chi connectivity index (χ4n) is 2.85. The molecular weight excluding hydrogens is 378 g/mol. The van der Waals surface area contributed by atoms with Crippen LogP contribution in [0.3, 0.4) is 0 Å². The maximum absolute atomic E-state index is 12.6. The average Bonchev–Trinajstić information content (AvgIpc) is 2.72. The third-order valence-corrected chi connectivity index (χ3v) is 4.39. The highest BCUT2D eigenvalue weighted by Crippen LogP contribution is 2.24. The van der Waals surface area contributed by atoms with Crippen LogP contribution in [0.25, 0.3) is 11.0 Å². The summed E-state index contributed by atoms with van der Waals surface area (Å²) in [5.41, 5.74) is -0.524. The maximum Gasteiger partial charge on any atom is 0.409 e. The molecule has 0 spiro atoms. The monoisotopic (exact) mass is 397 g/mol. The number of aromatic hydroxyl groups is 1. The van der Waals surface area contributed by atoms with Crippen molar-refractivity contribution in [2.24, 2.45) is 0 Å².